The van der Waals surface area contributed by atoms with E-state index in [0.717, 1.165) is 24.3 Å². The van der Waals surface area contributed by atoms with Crippen LogP contribution in [-0.2, 0) is 15.9 Å². The molecule has 0 N–H and O–H groups in total. The number of carbonyl (C=O) groups is 1. The normalized spacial score (nSPS) is 21.8. The second-order valence-corrected chi connectivity index (χ2v) is 5.60. The molecule has 1 aromatic carbocycles. The van der Waals surface area contributed by atoms with E-state index in [1.54, 1.807) is 0 Å². The van der Waals surface area contributed by atoms with Gasteiger partial charge in [-0.2, -0.15) is 5.26 Å². The van der Waals surface area contributed by atoms with Gasteiger partial charge in [0.2, 0.25) is 5.67 Å². The van der Waals surface area contributed by atoms with Crippen LogP contribution in [-0.4, -0.2) is 31.5 Å². The van der Waals surface area contributed by atoms with Crippen LogP contribution in [0, 0.1) is 23.0 Å². The third kappa shape index (κ3) is 4.29. The Morgan fingerprint density at radius 3 is 2.54 bits per heavy atom. The summed E-state index contributed by atoms with van der Waals surface area (Å²) < 4.78 is 65.1. The van der Waals surface area contributed by atoms with Crippen molar-refractivity contribution in [1.82, 2.24) is 0 Å². The van der Waals surface area contributed by atoms with E-state index in [9.17, 15) is 22.4 Å². The monoisotopic (exact) mass is 369 g/mol. The van der Waals surface area contributed by atoms with Crippen molar-refractivity contribution < 1.29 is 31.8 Å². The molecule has 0 amide bonds. The van der Waals surface area contributed by atoms with Gasteiger partial charge in [-0.1, -0.05) is 0 Å². The fourth-order valence-electron chi connectivity index (χ4n) is 2.33. The first-order chi connectivity index (χ1) is 12.3. The van der Waals surface area contributed by atoms with Crippen LogP contribution in [0.5, 0.6) is 0 Å². The highest BCUT2D eigenvalue weighted by atomic mass is 19.2. The second-order valence-electron chi connectivity index (χ2n) is 5.60. The molecule has 0 bridgehead atoms. The summed E-state index contributed by atoms with van der Waals surface area (Å²) in [5.74, 6) is -4.10. The number of ether oxygens (including phenoxy) is 2. The number of halogens is 4. The van der Waals surface area contributed by atoms with Crippen LogP contribution < -0.4 is 0 Å². The van der Waals surface area contributed by atoms with Gasteiger partial charge in [0.25, 0.3) is 0 Å². The number of nitrogens with zero attached hydrogens (tertiary/aromatic N) is 1. The first-order valence-corrected chi connectivity index (χ1v) is 7.65. The lowest BCUT2D eigenvalue weighted by Gasteiger charge is -2.20. The quantitative estimate of drug-likeness (QED) is 0.436. The van der Waals surface area contributed by atoms with E-state index in [-0.39, 0.29) is 0 Å². The molecule has 0 spiro atoms. The molecule has 1 aromatic rings. The molecule has 26 heavy (non-hydrogen) atoms. The molecule has 8 heteroatoms. The number of carbonyl (C=O) groups excluding carboxylic acids is 1. The number of esters is 1. The van der Waals surface area contributed by atoms with Crippen molar-refractivity contribution in [2.24, 2.45) is 0 Å². The molecule has 2 atom stereocenters. The van der Waals surface area contributed by atoms with Crippen LogP contribution in [0.2, 0.25) is 0 Å². The predicted molar refractivity (Wildman–Crippen MR) is 83.5 cm³/mol. The van der Waals surface area contributed by atoms with Gasteiger partial charge in [0.15, 0.2) is 6.17 Å². The molecule has 4 nitrogen and oxygen atoms in total. The lowest BCUT2D eigenvalue weighted by atomic mass is 9.96. The third-order valence-corrected chi connectivity index (χ3v) is 3.70. The van der Waals surface area contributed by atoms with Crippen molar-refractivity contribution in [3.63, 3.8) is 0 Å². The SMILES string of the molecule is COCCCc1cc(F)c(C(=O)OC2=CC(F)C(F)(C#N)C=C2)c(F)c1. The Bertz CT molecular complexity index is 777. The maximum absolute atomic E-state index is 14.1. The lowest BCUT2D eigenvalue weighted by molar-refractivity contribution is 0.0614. The summed E-state index contributed by atoms with van der Waals surface area (Å²) in [5.41, 5.74) is -3.48. The van der Waals surface area contributed by atoms with Crippen molar-refractivity contribution in [3.8, 4) is 6.07 Å². The van der Waals surface area contributed by atoms with Gasteiger partial charge in [-0.15, -0.1) is 0 Å². The summed E-state index contributed by atoms with van der Waals surface area (Å²) in [6, 6.07) is 3.14. The number of methoxy groups -OCH3 is 1. The van der Waals surface area contributed by atoms with Crippen molar-refractivity contribution in [1.29, 1.82) is 5.26 Å². The molecule has 0 fully saturated rings. The smallest absolute Gasteiger partial charge is 0.349 e. The van der Waals surface area contributed by atoms with Gasteiger partial charge in [0, 0.05) is 13.7 Å². The number of alkyl halides is 2. The molecular formula is C18H15F4NO3. The molecule has 0 aliphatic heterocycles. The summed E-state index contributed by atoms with van der Waals surface area (Å²) in [5, 5.41) is 8.58. The van der Waals surface area contributed by atoms with E-state index in [1.165, 1.54) is 7.11 Å². The fraction of sp³-hybridized carbons (Fsp3) is 0.333. The molecule has 0 radical (unpaired) electrons. The molecule has 2 rings (SSSR count). The minimum Gasteiger partial charge on any atom is -0.423 e. The number of hydrogen-bond acceptors (Lipinski definition) is 4. The van der Waals surface area contributed by atoms with Crippen LogP contribution in [0.4, 0.5) is 17.6 Å². The summed E-state index contributed by atoms with van der Waals surface area (Å²) >= 11 is 0. The maximum Gasteiger partial charge on any atom is 0.349 e. The standard InChI is InChI=1S/C18H15F4NO3/c1-25-6-2-3-11-7-13(19)16(14(20)8-11)17(24)26-12-4-5-18(22,10-23)15(21)9-12/h4-5,7-9,15H,2-3,6H2,1H3. The van der Waals surface area contributed by atoms with Gasteiger partial charge in [0.05, 0.1) is 0 Å². The topological polar surface area (TPSA) is 59.3 Å². The molecule has 1 aliphatic rings. The summed E-state index contributed by atoms with van der Waals surface area (Å²) in [4.78, 5) is 12.0. The number of rotatable bonds is 6. The minimum absolute atomic E-state index is 0.338. The van der Waals surface area contributed by atoms with E-state index >= 15 is 0 Å². The van der Waals surface area contributed by atoms with E-state index in [1.807, 2.05) is 0 Å². The average Bonchev–Trinajstić information content (AvgIpc) is 2.58. The lowest BCUT2D eigenvalue weighted by Crippen LogP contribution is -2.32. The molecule has 2 unspecified atom stereocenters. The molecule has 0 saturated heterocycles. The van der Waals surface area contributed by atoms with E-state index in [4.69, 9.17) is 14.7 Å². The Hall–Kier alpha value is -2.66. The summed E-state index contributed by atoms with van der Waals surface area (Å²) in [6.45, 7) is 0.413. The van der Waals surface area contributed by atoms with Crippen molar-refractivity contribution >= 4 is 5.97 Å². The van der Waals surface area contributed by atoms with Gasteiger partial charge in [-0.3, -0.25) is 0 Å². The zero-order chi connectivity index (χ0) is 19.3. The van der Waals surface area contributed by atoms with Crippen molar-refractivity contribution in [2.45, 2.75) is 24.7 Å². The zero-order valence-corrected chi connectivity index (χ0v) is 13.8. The first-order valence-electron chi connectivity index (χ1n) is 7.65. The van der Waals surface area contributed by atoms with E-state index in [0.29, 0.717) is 37.2 Å². The van der Waals surface area contributed by atoms with Gasteiger partial charge in [-0.05, 0) is 48.8 Å². The van der Waals surface area contributed by atoms with Gasteiger partial charge >= 0.3 is 5.97 Å². The summed E-state index contributed by atoms with van der Waals surface area (Å²) in [7, 11) is 1.50. The van der Waals surface area contributed by atoms with E-state index < -0.39 is 40.8 Å². The van der Waals surface area contributed by atoms with Gasteiger partial charge in [0.1, 0.15) is 29.0 Å². The molecule has 138 valence electrons. The Morgan fingerprint density at radius 1 is 1.35 bits per heavy atom. The third-order valence-electron chi connectivity index (χ3n) is 3.70. The Balaban J connectivity index is 2.15. The molecule has 1 aliphatic carbocycles. The number of nitriles is 1. The van der Waals surface area contributed by atoms with Crippen LogP contribution in [0.25, 0.3) is 0 Å². The number of benzene rings is 1. The van der Waals surface area contributed by atoms with Crippen LogP contribution >= 0.6 is 0 Å². The number of aryl methyl sites for hydroxylation is 1. The highest BCUT2D eigenvalue weighted by Gasteiger charge is 2.39. The largest absolute Gasteiger partial charge is 0.423 e. The van der Waals surface area contributed by atoms with Crippen molar-refractivity contribution in [3.05, 3.63) is 58.9 Å². The van der Waals surface area contributed by atoms with Crippen LogP contribution in [0.1, 0.15) is 22.3 Å². The molecule has 0 aromatic heterocycles. The summed E-state index contributed by atoms with van der Waals surface area (Å²) in [6.07, 6.45) is 0.492. The number of hydrogen-bond donors (Lipinski definition) is 0. The second kappa shape index (κ2) is 8.15. The molecular weight excluding hydrogens is 354 g/mol. The fourth-order valence-corrected chi connectivity index (χ4v) is 2.33. The average molecular weight is 369 g/mol. The Kier molecular flexibility index (Phi) is 6.16. The Labute approximate surface area is 147 Å². The van der Waals surface area contributed by atoms with E-state index in [2.05, 4.69) is 0 Å². The molecule has 0 heterocycles. The minimum atomic E-state index is -2.88. The highest BCUT2D eigenvalue weighted by molar-refractivity contribution is 5.91. The maximum atomic E-state index is 14.1. The highest BCUT2D eigenvalue weighted by Crippen LogP contribution is 2.28. The zero-order valence-electron chi connectivity index (χ0n) is 13.8. The van der Waals surface area contributed by atoms with Gasteiger partial charge < -0.3 is 9.47 Å². The first kappa shape index (κ1) is 19.7. The van der Waals surface area contributed by atoms with Crippen LogP contribution in [0.3, 0.4) is 0 Å². The molecule has 0 saturated carbocycles. The van der Waals surface area contributed by atoms with Crippen LogP contribution in [0.15, 0.2) is 36.1 Å². The number of allylic oxidation sites excluding steroid dienone is 3. The Morgan fingerprint density at radius 2 is 2.00 bits per heavy atom. The van der Waals surface area contributed by atoms with Crippen molar-refractivity contribution in [2.75, 3.05) is 13.7 Å². The van der Waals surface area contributed by atoms with Gasteiger partial charge in [-0.25, -0.2) is 22.4 Å². The predicted octanol–water partition coefficient (Wildman–Crippen LogP) is 3.72.